The third kappa shape index (κ3) is 10.1. The van der Waals surface area contributed by atoms with Gasteiger partial charge in [0.05, 0.1) is 0 Å². The van der Waals surface area contributed by atoms with E-state index in [0.29, 0.717) is 0 Å². The molecule has 17 heavy (non-hydrogen) atoms. The van der Waals surface area contributed by atoms with Crippen LogP contribution in [0.4, 0.5) is 0 Å². The molecule has 2 nitrogen and oxygen atoms in total. The van der Waals surface area contributed by atoms with Crippen LogP contribution in [0.3, 0.4) is 0 Å². The Morgan fingerprint density at radius 1 is 1.12 bits per heavy atom. The molecule has 0 aromatic carbocycles. The van der Waals surface area contributed by atoms with Crippen molar-refractivity contribution in [2.24, 2.45) is 11.7 Å². The highest BCUT2D eigenvalue weighted by Gasteiger charge is 2.13. The fourth-order valence-electron chi connectivity index (χ4n) is 2.09. The molecule has 100 valence electrons. The van der Waals surface area contributed by atoms with Gasteiger partial charge in [-0.1, -0.05) is 51.5 Å². The van der Waals surface area contributed by atoms with E-state index >= 15 is 0 Å². The van der Waals surface area contributed by atoms with Crippen LogP contribution in [0.1, 0.15) is 71.1 Å². The van der Waals surface area contributed by atoms with Crippen LogP contribution in [-0.4, -0.2) is 5.91 Å². The molecule has 0 bridgehead atoms. The van der Waals surface area contributed by atoms with Crippen LogP contribution in [-0.2, 0) is 4.79 Å². The summed E-state index contributed by atoms with van der Waals surface area (Å²) in [6.45, 7) is 5.86. The van der Waals surface area contributed by atoms with Gasteiger partial charge in [0.25, 0.3) is 0 Å². The topological polar surface area (TPSA) is 43.1 Å². The molecule has 1 atom stereocenters. The van der Waals surface area contributed by atoms with Crippen LogP contribution in [0, 0.1) is 5.92 Å². The van der Waals surface area contributed by atoms with Gasteiger partial charge < -0.3 is 5.73 Å². The summed E-state index contributed by atoms with van der Waals surface area (Å²) in [5, 5.41) is 0. The Labute approximate surface area is 107 Å². The molecule has 0 saturated carbocycles. The number of amides is 1. The fourth-order valence-corrected chi connectivity index (χ4v) is 2.09. The van der Waals surface area contributed by atoms with E-state index < -0.39 is 0 Å². The summed E-state index contributed by atoms with van der Waals surface area (Å²) in [7, 11) is 0. The van der Waals surface area contributed by atoms with Gasteiger partial charge in [0, 0.05) is 5.92 Å². The number of carbonyl (C=O) groups is 1. The predicted molar refractivity (Wildman–Crippen MR) is 74.7 cm³/mol. The highest BCUT2D eigenvalue weighted by molar-refractivity contribution is 5.76. The Morgan fingerprint density at radius 2 is 1.71 bits per heavy atom. The highest BCUT2D eigenvalue weighted by atomic mass is 16.1. The van der Waals surface area contributed by atoms with E-state index in [4.69, 9.17) is 5.73 Å². The Hall–Kier alpha value is -0.790. The minimum absolute atomic E-state index is 0.106. The Morgan fingerprint density at radius 3 is 2.29 bits per heavy atom. The van der Waals surface area contributed by atoms with Crippen molar-refractivity contribution in [3.63, 3.8) is 0 Å². The zero-order valence-electron chi connectivity index (χ0n) is 11.4. The van der Waals surface area contributed by atoms with Crippen LogP contribution >= 0.6 is 0 Å². The molecule has 0 saturated heterocycles. The number of primary amides is 1. The molecule has 0 spiro atoms. The van der Waals surface area contributed by atoms with Crippen LogP contribution in [0.2, 0.25) is 0 Å². The molecule has 2 heteroatoms. The van der Waals surface area contributed by atoms with Gasteiger partial charge in [-0.15, -0.1) is 6.58 Å². The minimum atomic E-state index is -0.106. The number of hydrogen-bond donors (Lipinski definition) is 1. The van der Waals surface area contributed by atoms with Crippen molar-refractivity contribution < 1.29 is 4.79 Å². The van der Waals surface area contributed by atoms with E-state index in [9.17, 15) is 4.79 Å². The van der Waals surface area contributed by atoms with Gasteiger partial charge in [0.1, 0.15) is 0 Å². The smallest absolute Gasteiger partial charge is 0.220 e. The van der Waals surface area contributed by atoms with E-state index in [1.54, 1.807) is 0 Å². The second kappa shape index (κ2) is 11.7. The quantitative estimate of drug-likeness (QED) is 0.402. The molecule has 0 rings (SSSR count). The molecule has 1 unspecified atom stereocenters. The first kappa shape index (κ1) is 16.2. The normalized spacial score (nSPS) is 12.3. The van der Waals surface area contributed by atoms with Gasteiger partial charge in [-0.05, 0) is 25.7 Å². The standard InChI is InChI=1S/C15H29NO/c1-3-5-7-8-9-10-11-13-14(15(16)17)12-6-4-2/h3,14H,1,4-13H2,2H3,(H2,16,17). The van der Waals surface area contributed by atoms with Gasteiger partial charge >= 0.3 is 0 Å². The minimum Gasteiger partial charge on any atom is -0.369 e. The number of allylic oxidation sites excluding steroid dienone is 1. The molecule has 0 aliphatic carbocycles. The molecule has 0 aromatic heterocycles. The zero-order chi connectivity index (χ0) is 12.9. The summed E-state index contributed by atoms with van der Waals surface area (Å²) >= 11 is 0. The van der Waals surface area contributed by atoms with Crippen molar-refractivity contribution in [3.8, 4) is 0 Å². The number of hydrogen-bond acceptors (Lipinski definition) is 1. The van der Waals surface area contributed by atoms with E-state index in [-0.39, 0.29) is 11.8 Å². The molecule has 0 aliphatic heterocycles. The molecule has 0 aromatic rings. The van der Waals surface area contributed by atoms with Gasteiger partial charge in [-0.3, -0.25) is 4.79 Å². The highest BCUT2D eigenvalue weighted by Crippen LogP contribution is 2.17. The van der Waals surface area contributed by atoms with Crippen molar-refractivity contribution in [3.05, 3.63) is 12.7 Å². The first-order valence-corrected chi connectivity index (χ1v) is 7.12. The molecule has 1 amide bonds. The monoisotopic (exact) mass is 239 g/mol. The first-order valence-electron chi connectivity index (χ1n) is 7.12. The molecular weight excluding hydrogens is 210 g/mol. The largest absolute Gasteiger partial charge is 0.369 e. The average Bonchev–Trinajstić information content (AvgIpc) is 2.31. The molecular formula is C15H29NO. The third-order valence-corrected chi connectivity index (χ3v) is 3.27. The lowest BCUT2D eigenvalue weighted by molar-refractivity contribution is -0.122. The van der Waals surface area contributed by atoms with E-state index in [2.05, 4.69) is 13.5 Å². The lowest BCUT2D eigenvalue weighted by Gasteiger charge is -2.12. The van der Waals surface area contributed by atoms with Crippen LogP contribution < -0.4 is 5.73 Å². The average molecular weight is 239 g/mol. The Kier molecular flexibility index (Phi) is 11.1. The van der Waals surface area contributed by atoms with Gasteiger partial charge in [-0.25, -0.2) is 0 Å². The van der Waals surface area contributed by atoms with Gasteiger partial charge in [-0.2, -0.15) is 0 Å². The summed E-state index contributed by atoms with van der Waals surface area (Å²) in [6.07, 6.45) is 13.5. The number of rotatable bonds is 12. The third-order valence-electron chi connectivity index (χ3n) is 3.27. The fraction of sp³-hybridized carbons (Fsp3) is 0.800. The molecule has 0 aliphatic rings. The Balaban J connectivity index is 3.47. The lowest BCUT2D eigenvalue weighted by atomic mass is 9.94. The van der Waals surface area contributed by atoms with Gasteiger partial charge in [0.2, 0.25) is 5.91 Å². The van der Waals surface area contributed by atoms with Crippen LogP contribution in [0.15, 0.2) is 12.7 Å². The maximum absolute atomic E-state index is 11.2. The van der Waals surface area contributed by atoms with Crippen LogP contribution in [0.5, 0.6) is 0 Å². The predicted octanol–water partition coefficient (Wildman–Crippen LogP) is 4.19. The van der Waals surface area contributed by atoms with Crippen molar-refractivity contribution in [2.45, 2.75) is 71.1 Å². The summed E-state index contributed by atoms with van der Waals surface area (Å²) in [4.78, 5) is 11.2. The second-order valence-corrected chi connectivity index (χ2v) is 4.88. The van der Waals surface area contributed by atoms with E-state index in [1.165, 1.54) is 25.7 Å². The van der Waals surface area contributed by atoms with Gasteiger partial charge in [0.15, 0.2) is 0 Å². The maximum atomic E-state index is 11.2. The summed E-state index contributed by atoms with van der Waals surface area (Å²) in [5.41, 5.74) is 5.41. The van der Waals surface area contributed by atoms with Crippen molar-refractivity contribution in [2.75, 3.05) is 0 Å². The maximum Gasteiger partial charge on any atom is 0.220 e. The van der Waals surface area contributed by atoms with E-state index in [1.807, 2.05) is 6.08 Å². The lowest BCUT2D eigenvalue weighted by Crippen LogP contribution is -2.23. The summed E-state index contributed by atoms with van der Waals surface area (Å²) in [5.74, 6) is 0.00762. The number of carbonyl (C=O) groups excluding carboxylic acids is 1. The number of unbranched alkanes of at least 4 members (excludes halogenated alkanes) is 6. The molecule has 0 radical (unpaired) electrons. The molecule has 2 N–H and O–H groups in total. The van der Waals surface area contributed by atoms with Crippen LogP contribution in [0.25, 0.3) is 0 Å². The van der Waals surface area contributed by atoms with Crippen molar-refractivity contribution in [1.82, 2.24) is 0 Å². The second-order valence-electron chi connectivity index (χ2n) is 4.88. The SMILES string of the molecule is C=CCCCCCCCC(CCCC)C(N)=O. The summed E-state index contributed by atoms with van der Waals surface area (Å²) < 4.78 is 0. The zero-order valence-corrected chi connectivity index (χ0v) is 11.4. The van der Waals surface area contributed by atoms with Crippen molar-refractivity contribution in [1.29, 1.82) is 0 Å². The molecule has 0 fully saturated rings. The summed E-state index contributed by atoms with van der Waals surface area (Å²) in [6, 6.07) is 0. The Bertz CT molecular complexity index is 201. The number of nitrogens with two attached hydrogens (primary N) is 1. The van der Waals surface area contributed by atoms with E-state index in [0.717, 1.165) is 38.5 Å². The molecule has 0 heterocycles. The van der Waals surface area contributed by atoms with Crippen molar-refractivity contribution >= 4 is 5.91 Å². The first-order chi connectivity index (χ1) is 8.22.